The SMILES string of the molecule is COc1ccc(Br)cc1CNC(=O)CCc1cn(Cc2ccccc2F)c2ccccc12. The normalized spacial score (nSPS) is 11.0. The fraction of sp³-hybridized carbons (Fsp3) is 0.192. The molecule has 0 aliphatic heterocycles. The fourth-order valence-corrected chi connectivity index (χ4v) is 4.29. The van der Waals surface area contributed by atoms with E-state index in [1.165, 1.54) is 6.07 Å². The van der Waals surface area contributed by atoms with Crippen LogP contribution in [0.2, 0.25) is 0 Å². The number of rotatable bonds is 8. The average molecular weight is 495 g/mol. The van der Waals surface area contributed by atoms with Gasteiger partial charge in [0.25, 0.3) is 0 Å². The average Bonchev–Trinajstić information content (AvgIpc) is 3.15. The minimum absolute atomic E-state index is 0.0297. The largest absolute Gasteiger partial charge is 0.496 e. The van der Waals surface area contributed by atoms with Crippen LogP contribution >= 0.6 is 15.9 Å². The standard InChI is InChI=1S/C26H24BrFN2O2/c1-32-25-12-11-21(27)14-20(25)15-29-26(31)13-10-18-16-30(24-9-5-3-7-22(18)24)17-19-6-2-4-8-23(19)28/h2-9,11-12,14,16H,10,13,15,17H2,1H3,(H,29,31). The Morgan fingerprint density at radius 1 is 1.03 bits per heavy atom. The summed E-state index contributed by atoms with van der Waals surface area (Å²) in [6.07, 6.45) is 3.00. The van der Waals surface area contributed by atoms with E-state index >= 15 is 0 Å². The molecule has 0 bridgehead atoms. The van der Waals surface area contributed by atoms with Crippen LogP contribution in [0, 0.1) is 5.82 Å². The summed E-state index contributed by atoms with van der Waals surface area (Å²) in [4.78, 5) is 12.5. The molecule has 6 heteroatoms. The molecule has 4 rings (SSSR count). The Bertz CT molecular complexity index is 1250. The highest BCUT2D eigenvalue weighted by atomic mass is 79.9. The van der Waals surface area contributed by atoms with Crippen molar-refractivity contribution in [2.75, 3.05) is 7.11 Å². The molecule has 3 aromatic carbocycles. The number of benzene rings is 3. The van der Waals surface area contributed by atoms with Crippen molar-refractivity contribution >= 4 is 32.7 Å². The minimum atomic E-state index is -0.214. The number of nitrogens with one attached hydrogen (secondary N) is 1. The van der Waals surface area contributed by atoms with Gasteiger partial charge in [0.15, 0.2) is 0 Å². The van der Waals surface area contributed by atoms with Crippen LogP contribution in [0.3, 0.4) is 0 Å². The van der Waals surface area contributed by atoms with Crippen LogP contribution in [0.1, 0.15) is 23.1 Å². The molecule has 32 heavy (non-hydrogen) atoms. The number of carbonyl (C=O) groups is 1. The van der Waals surface area contributed by atoms with Crippen LogP contribution in [-0.2, 0) is 24.3 Å². The lowest BCUT2D eigenvalue weighted by Gasteiger charge is -2.10. The van der Waals surface area contributed by atoms with Crippen molar-refractivity contribution in [2.24, 2.45) is 0 Å². The van der Waals surface area contributed by atoms with Gasteiger partial charge in [-0.3, -0.25) is 4.79 Å². The summed E-state index contributed by atoms with van der Waals surface area (Å²) >= 11 is 3.45. The van der Waals surface area contributed by atoms with Gasteiger partial charge >= 0.3 is 0 Å². The van der Waals surface area contributed by atoms with Crippen molar-refractivity contribution in [3.8, 4) is 5.75 Å². The monoisotopic (exact) mass is 494 g/mol. The lowest BCUT2D eigenvalue weighted by molar-refractivity contribution is -0.121. The van der Waals surface area contributed by atoms with Crippen LogP contribution in [0.4, 0.5) is 4.39 Å². The zero-order valence-corrected chi connectivity index (χ0v) is 19.4. The van der Waals surface area contributed by atoms with E-state index in [1.54, 1.807) is 19.2 Å². The Hall–Kier alpha value is -3.12. The second-order valence-corrected chi connectivity index (χ2v) is 8.54. The quantitative estimate of drug-likeness (QED) is 0.333. The molecule has 0 aliphatic carbocycles. The van der Waals surface area contributed by atoms with Gasteiger partial charge in [-0.2, -0.15) is 0 Å². The highest BCUT2D eigenvalue weighted by molar-refractivity contribution is 9.10. The van der Waals surface area contributed by atoms with Crippen molar-refractivity contribution in [1.82, 2.24) is 9.88 Å². The molecule has 4 aromatic rings. The zero-order valence-electron chi connectivity index (χ0n) is 17.8. The summed E-state index contributed by atoms with van der Waals surface area (Å²) in [5, 5.41) is 4.07. The molecular weight excluding hydrogens is 471 g/mol. The van der Waals surface area contributed by atoms with Gasteiger partial charge in [-0.25, -0.2) is 4.39 Å². The highest BCUT2D eigenvalue weighted by Crippen LogP contribution is 2.25. The molecule has 0 fully saturated rings. The predicted octanol–water partition coefficient (Wildman–Crippen LogP) is 5.85. The smallest absolute Gasteiger partial charge is 0.220 e. The van der Waals surface area contributed by atoms with E-state index in [-0.39, 0.29) is 11.7 Å². The Labute approximate surface area is 195 Å². The number of para-hydroxylation sites is 1. The lowest BCUT2D eigenvalue weighted by Crippen LogP contribution is -2.23. The topological polar surface area (TPSA) is 43.3 Å². The first-order valence-electron chi connectivity index (χ1n) is 10.4. The number of ether oxygens (including phenoxy) is 1. The molecule has 0 spiro atoms. The third kappa shape index (κ3) is 5.02. The van der Waals surface area contributed by atoms with Crippen molar-refractivity contribution < 1.29 is 13.9 Å². The first-order chi connectivity index (χ1) is 15.5. The molecule has 1 aromatic heterocycles. The number of methoxy groups -OCH3 is 1. The number of halogens is 2. The van der Waals surface area contributed by atoms with E-state index in [9.17, 15) is 9.18 Å². The molecule has 0 aliphatic rings. The number of hydrogen-bond acceptors (Lipinski definition) is 2. The van der Waals surface area contributed by atoms with Crippen molar-refractivity contribution in [3.05, 3.63) is 99.9 Å². The predicted molar refractivity (Wildman–Crippen MR) is 128 cm³/mol. The summed E-state index contributed by atoms with van der Waals surface area (Å²) in [6.45, 7) is 0.846. The summed E-state index contributed by atoms with van der Waals surface area (Å²) < 4.78 is 22.5. The first-order valence-corrected chi connectivity index (χ1v) is 11.2. The number of carbonyl (C=O) groups excluding carboxylic acids is 1. The lowest BCUT2D eigenvalue weighted by atomic mass is 10.1. The first kappa shape index (κ1) is 22.1. The molecule has 0 saturated heterocycles. The second kappa shape index (κ2) is 10.0. The van der Waals surface area contributed by atoms with Gasteiger partial charge in [-0.1, -0.05) is 52.3 Å². The molecule has 0 radical (unpaired) electrons. The van der Waals surface area contributed by atoms with Crippen LogP contribution < -0.4 is 10.1 Å². The molecule has 1 heterocycles. The van der Waals surface area contributed by atoms with Crippen LogP contribution in [0.15, 0.2) is 77.4 Å². The maximum absolute atomic E-state index is 14.2. The molecule has 0 atom stereocenters. The maximum Gasteiger partial charge on any atom is 0.220 e. The summed E-state index contributed by atoms with van der Waals surface area (Å²) in [5.41, 5.74) is 3.66. The molecule has 4 nitrogen and oxygen atoms in total. The van der Waals surface area contributed by atoms with Gasteiger partial charge < -0.3 is 14.6 Å². The number of nitrogens with zero attached hydrogens (tertiary/aromatic N) is 1. The Morgan fingerprint density at radius 3 is 2.62 bits per heavy atom. The van der Waals surface area contributed by atoms with Gasteiger partial charge in [0.05, 0.1) is 13.7 Å². The van der Waals surface area contributed by atoms with Crippen molar-refractivity contribution in [2.45, 2.75) is 25.9 Å². The molecule has 1 N–H and O–H groups in total. The van der Waals surface area contributed by atoms with Gasteiger partial charge in [-0.15, -0.1) is 0 Å². The summed E-state index contributed by atoms with van der Waals surface area (Å²) in [5.74, 6) is 0.497. The van der Waals surface area contributed by atoms with E-state index in [4.69, 9.17) is 4.74 Å². The summed E-state index contributed by atoms with van der Waals surface area (Å²) in [7, 11) is 1.62. The van der Waals surface area contributed by atoms with Gasteiger partial charge in [0.2, 0.25) is 5.91 Å². The Balaban J connectivity index is 1.45. The molecular formula is C26H24BrFN2O2. The fourth-order valence-electron chi connectivity index (χ4n) is 3.88. The number of amides is 1. The Kier molecular flexibility index (Phi) is 6.90. The van der Waals surface area contributed by atoms with Gasteiger partial charge in [0, 0.05) is 45.7 Å². The highest BCUT2D eigenvalue weighted by Gasteiger charge is 2.12. The van der Waals surface area contributed by atoms with Crippen LogP contribution in [0.5, 0.6) is 5.75 Å². The zero-order chi connectivity index (χ0) is 22.5. The summed E-state index contributed by atoms with van der Waals surface area (Å²) in [6, 6.07) is 20.6. The van der Waals surface area contributed by atoms with E-state index in [0.29, 0.717) is 31.5 Å². The van der Waals surface area contributed by atoms with Crippen molar-refractivity contribution in [1.29, 1.82) is 0 Å². The molecule has 1 amide bonds. The minimum Gasteiger partial charge on any atom is -0.496 e. The van der Waals surface area contributed by atoms with Crippen LogP contribution in [0.25, 0.3) is 10.9 Å². The van der Waals surface area contributed by atoms with E-state index in [0.717, 1.165) is 32.3 Å². The van der Waals surface area contributed by atoms with Gasteiger partial charge in [0.1, 0.15) is 11.6 Å². The number of aryl methyl sites for hydroxylation is 1. The maximum atomic E-state index is 14.2. The van der Waals surface area contributed by atoms with E-state index in [1.807, 2.05) is 59.3 Å². The Morgan fingerprint density at radius 2 is 1.81 bits per heavy atom. The number of fused-ring (bicyclic) bond motifs is 1. The van der Waals surface area contributed by atoms with Crippen molar-refractivity contribution in [3.63, 3.8) is 0 Å². The third-order valence-electron chi connectivity index (χ3n) is 5.51. The number of aromatic nitrogens is 1. The van der Waals surface area contributed by atoms with Gasteiger partial charge in [-0.05, 0) is 42.3 Å². The second-order valence-electron chi connectivity index (χ2n) is 7.62. The third-order valence-corrected chi connectivity index (χ3v) is 6.00. The van der Waals surface area contributed by atoms with E-state index in [2.05, 4.69) is 21.2 Å². The van der Waals surface area contributed by atoms with E-state index < -0.39 is 0 Å². The number of hydrogen-bond donors (Lipinski definition) is 1. The molecule has 164 valence electrons. The van der Waals surface area contributed by atoms with Crippen LogP contribution in [-0.4, -0.2) is 17.6 Å². The molecule has 0 unspecified atom stereocenters. The molecule has 0 saturated carbocycles.